The summed E-state index contributed by atoms with van der Waals surface area (Å²) in [5, 5.41) is 18.2. The zero-order chi connectivity index (χ0) is 30.6. The molecule has 5 heteroatoms. The third kappa shape index (κ3) is 7.63. The van der Waals surface area contributed by atoms with Gasteiger partial charge in [-0.1, -0.05) is 86.0 Å². The number of benzene rings is 2. The normalized spacial score (nSPS) is 11.9. The molecule has 0 saturated carbocycles. The number of nitrogens with two attached hydrogens (primary N) is 1. The molecule has 2 aromatic carbocycles. The van der Waals surface area contributed by atoms with Crippen LogP contribution in [0.2, 0.25) is 0 Å². The van der Waals surface area contributed by atoms with Crippen LogP contribution in [0.3, 0.4) is 0 Å². The van der Waals surface area contributed by atoms with Crippen LogP contribution in [-0.4, -0.2) is 4.98 Å². The van der Waals surface area contributed by atoms with Crippen molar-refractivity contribution in [1.29, 1.82) is 10.5 Å². The quantitative estimate of drug-likeness (QED) is 0.180. The van der Waals surface area contributed by atoms with Crippen molar-refractivity contribution >= 4 is 40.7 Å². The Kier molecular flexibility index (Phi) is 10.6. The highest BCUT2D eigenvalue weighted by molar-refractivity contribution is 7.14. The number of hydrogen-bond acceptors (Lipinski definition) is 5. The van der Waals surface area contributed by atoms with Gasteiger partial charge in [-0.3, -0.25) is 0 Å². The number of pyridine rings is 1. The Morgan fingerprint density at radius 3 is 2.47 bits per heavy atom. The molecule has 0 unspecified atom stereocenters. The molecule has 2 N–H and O–H groups in total. The Labute approximate surface area is 258 Å². The van der Waals surface area contributed by atoms with Gasteiger partial charge < -0.3 is 5.73 Å². The fraction of sp³-hybridized carbons (Fsp3) is 0.0789. The van der Waals surface area contributed by atoms with E-state index >= 15 is 0 Å². The topological polar surface area (TPSA) is 86.5 Å². The van der Waals surface area contributed by atoms with Gasteiger partial charge in [0, 0.05) is 16.0 Å². The highest BCUT2D eigenvalue weighted by Gasteiger charge is 2.11. The van der Waals surface area contributed by atoms with Gasteiger partial charge in [-0.05, 0) is 100.0 Å². The van der Waals surface area contributed by atoms with Gasteiger partial charge in [-0.25, -0.2) is 4.98 Å². The minimum atomic E-state index is 0.329. The fourth-order valence-corrected chi connectivity index (χ4v) is 5.85. The highest BCUT2D eigenvalue weighted by atomic mass is 32.1. The molecule has 0 radical (unpaired) electrons. The molecule has 0 aliphatic carbocycles. The lowest BCUT2D eigenvalue weighted by atomic mass is 9.98. The van der Waals surface area contributed by atoms with Crippen LogP contribution >= 0.6 is 11.3 Å². The monoisotopic (exact) mass is 576 g/mol. The minimum Gasteiger partial charge on any atom is -0.405 e. The zero-order valence-corrected chi connectivity index (χ0v) is 24.9. The second-order valence-corrected chi connectivity index (χ2v) is 10.8. The van der Waals surface area contributed by atoms with E-state index in [1.54, 1.807) is 23.6 Å². The first-order valence-corrected chi connectivity index (χ1v) is 14.6. The van der Waals surface area contributed by atoms with Crippen molar-refractivity contribution < 1.29 is 0 Å². The fourth-order valence-electron chi connectivity index (χ4n) is 4.75. The molecule has 0 aliphatic rings. The molecular weight excluding hydrogens is 545 g/mol. The van der Waals surface area contributed by atoms with Crippen molar-refractivity contribution in [3.8, 4) is 23.3 Å². The molecule has 0 fully saturated rings. The van der Waals surface area contributed by atoms with E-state index in [-0.39, 0.29) is 0 Å². The number of hydrogen-bond donors (Lipinski definition) is 1. The van der Waals surface area contributed by atoms with E-state index in [9.17, 15) is 5.26 Å². The third-order valence-corrected chi connectivity index (χ3v) is 8.19. The van der Waals surface area contributed by atoms with Crippen molar-refractivity contribution in [3.05, 3.63) is 154 Å². The smallest absolute Gasteiger partial charge is 0.141 e. The minimum absolute atomic E-state index is 0.329. The molecule has 0 atom stereocenters. The van der Waals surface area contributed by atoms with Gasteiger partial charge in [0.15, 0.2) is 0 Å². The number of nitriles is 2. The van der Waals surface area contributed by atoms with Crippen molar-refractivity contribution in [2.45, 2.75) is 19.8 Å². The van der Waals surface area contributed by atoms with Crippen LogP contribution < -0.4 is 5.73 Å². The molecule has 0 bridgehead atoms. The zero-order valence-electron chi connectivity index (χ0n) is 24.1. The second kappa shape index (κ2) is 14.9. The first kappa shape index (κ1) is 30.5. The van der Waals surface area contributed by atoms with E-state index in [0.717, 1.165) is 55.1 Å². The van der Waals surface area contributed by atoms with Crippen molar-refractivity contribution in [2.75, 3.05) is 0 Å². The molecule has 43 heavy (non-hydrogen) atoms. The van der Waals surface area contributed by atoms with Gasteiger partial charge in [0.05, 0.1) is 12.5 Å². The maximum Gasteiger partial charge on any atom is 0.141 e. The number of rotatable bonds is 11. The van der Waals surface area contributed by atoms with E-state index < -0.39 is 0 Å². The number of aromatic nitrogens is 1. The van der Waals surface area contributed by atoms with E-state index in [4.69, 9.17) is 11.0 Å². The van der Waals surface area contributed by atoms with Gasteiger partial charge in [0.1, 0.15) is 11.8 Å². The third-order valence-electron chi connectivity index (χ3n) is 6.94. The van der Waals surface area contributed by atoms with Crippen LogP contribution in [0.15, 0.2) is 111 Å². The molecule has 4 rings (SSSR count). The SMILES string of the molecule is C=C/C(=C\c1sc(C=C)c(/C=C\Cc2cccc(C(/C=C\N)=C/CC#N)c2)c1C)c1cccc(-c2ccnc(C#N)c2)c1. The first-order valence-electron chi connectivity index (χ1n) is 13.8. The summed E-state index contributed by atoms with van der Waals surface area (Å²) >= 11 is 1.70. The summed E-state index contributed by atoms with van der Waals surface area (Å²) in [5.41, 5.74) is 15.5. The largest absolute Gasteiger partial charge is 0.405 e. The average Bonchev–Trinajstić information content (AvgIpc) is 3.35. The lowest BCUT2D eigenvalue weighted by Gasteiger charge is -2.07. The average molecular weight is 577 g/mol. The summed E-state index contributed by atoms with van der Waals surface area (Å²) in [6, 6.07) is 24.5. The Balaban J connectivity index is 1.60. The summed E-state index contributed by atoms with van der Waals surface area (Å²) < 4.78 is 0. The van der Waals surface area contributed by atoms with Crippen LogP contribution in [0.1, 0.15) is 49.7 Å². The Hall–Kier alpha value is -5.49. The van der Waals surface area contributed by atoms with Crippen LogP contribution in [0, 0.1) is 29.6 Å². The summed E-state index contributed by atoms with van der Waals surface area (Å²) in [6.07, 6.45) is 18.3. The van der Waals surface area contributed by atoms with Crippen LogP contribution in [0.25, 0.3) is 40.5 Å². The molecule has 4 nitrogen and oxygen atoms in total. The summed E-state index contributed by atoms with van der Waals surface area (Å²) in [7, 11) is 0. The van der Waals surface area contributed by atoms with Gasteiger partial charge in [0.2, 0.25) is 0 Å². The second-order valence-electron chi connectivity index (χ2n) is 9.69. The van der Waals surface area contributed by atoms with Crippen molar-refractivity contribution in [3.63, 3.8) is 0 Å². The van der Waals surface area contributed by atoms with E-state index in [2.05, 4.69) is 79.7 Å². The molecule has 0 aliphatic heterocycles. The van der Waals surface area contributed by atoms with Gasteiger partial charge >= 0.3 is 0 Å². The lowest BCUT2D eigenvalue weighted by Crippen LogP contribution is -1.88. The number of thiophene rings is 1. The van der Waals surface area contributed by atoms with Crippen LogP contribution in [0.5, 0.6) is 0 Å². The van der Waals surface area contributed by atoms with Crippen molar-refractivity contribution in [1.82, 2.24) is 4.98 Å². The van der Waals surface area contributed by atoms with Crippen LogP contribution in [0.4, 0.5) is 0 Å². The molecule has 210 valence electrons. The molecular formula is C38H32N4S. The number of nitrogens with zero attached hydrogens (tertiary/aromatic N) is 3. The van der Waals surface area contributed by atoms with E-state index in [0.29, 0.717) is 12.1 Å². The first-order chi connectivity index (χ1) is 21.0. The Morgan fingerprint density at radius 1 is 0.977 bits per heavy atom. The van der Waals surface area contributed by atoms with E-state index in [1.807, 2.05) is 54.6 Å². The molecule has 0 spiro atoms. The standard InChI is InChI=1S/C38H32N4S/c1-4-29(32-13-8-14-33(23-32)34-18-21-42-35(24-34)26-41)25-38-27(3)36(37(5-2)43-38)16-7-11-28-10-6-12-31(22-28)30(17-20-40)15-9-19-39/h4-8,10,12-18,20-25H,1-2,9,11,40H2,3H3/b16-7-,20-17-,29-25+,30-15+. The molecule has 2 aromatic heterocycles. The summed E-state index contributed by atoms with van der Waals surface area (Å²) in [6.45, 7) is 10.3. The Morgan fingerprint density at radius 2 is 1.74 bits per heavy atom. The maximum absolute atomic E-state index is 9.25. The highest BCUT2D eigenvalue weighted by Crippen LogP contribution is 2.34. The Bertz CT molecular complexity index is 1850. The van der Waals surface area contributed by atoms with Crippen LogP contribution in [-0.2, 0) is 6.42 Å². The van der Waals surface area contributed by atoms with Gasteiger partial charge in [-0.15, -0.1) is 11.3 Å². The predicted molar refractivity (Wildman–Crippen MR) is 182 cm³/mol. The summed E-state index contributed by atoms with van der Waals surface area (Å²) in [5.74, 6) is 0. The summed E-state index contributed by atoms with van der Waals surface area (Å²) in [4.78, 5) is 6.35. The maximum atomic E-state index is 9.25. The number of allylic oxidation sites excluding steroid dienone is 6. The lowest BCUT2D eigenvalue weighted by molar-refractivity contribution is 1.26. The van der Waals surface area contributed by atoms with Gasteiger partial charge in [0.25, 0.3) is 0 Å². The molecule has 4 aromatic rings. The predicted octanol–water partition coefficient (Wildman–Crippen LogP) is 9.39. The molecule has 0 saturated heterocycles. The van der Waals surface area contributed by atoms with Crippen molar-refractivity contribution in [2.24, 2.45) is 5.73 Å². The van der Waals surface area contributed by atoms with E-state index in [1.165, 1.54) is 17.3 Å². The molecule has 2 heterocycles. The molecule has 0 amide bonds. The van der Waals surface area contributed by atoms with Gasteiger partial charge in [-0.2, -0.15) is 10.5 Å².